The minimum Gasteiger partial charge on any atom is -0.493 e. The first-order valence-corrected chi connectivity index (χ1v) is 9.72. The summed E-state index contributed by atoms with van der Waals surface area (Å²) in [6.07, 6.45) is 1.80. The second-order valence-electron chi connectivity index (χ2n) is 6.16. The van der Waals surface area contributed by atoms with Gasteiger partial charge in [-0.25, -0.2) is 0 Å². The average molecular weight is 404 g/mol. The molecule has 2 heterocycles. The van der Waals surface area contributed by atoms with E-state index in [1.165, 1.54) is 11.3 Å². The smallest absolute Gasteiger partial charge is 0.300 e. The lowest BCUT2D eigenvalue weighted by molar-refractivity contribution is 0.0990. The van der Waals surface area contributed by atoms with Gasteiger partial charge >= 0.3 is 0 Å². The fraction of sp³-hybridized carbons (Fsp3) is 0.421. The van der Waals surface area contributed by atoms with Gasteiger partial charge in [-0.15, -0.1) is 0 Å². The zero-order valence-electron chi connectivity index (χ0n) is 16.7. The second kappa shape index (κ2) is 8.57. The molecule has 8 nitrogen and oxygen atoms in total. The van der Waals surface area contributed by atoms with Crippen molar-refractivity contribution >= 4 is 27.5 Å². The van der Waals surface area contributed by atoms with Crippen molar-refractivity contribution in [1.29, 1.82) is 0 Å². The van der Waals surface area contributed by atoms with Crippen LogP contribution >= 0.6 is 11.3 Å². The lowest BCUT2D eigenvalue weighted by atomic mass is 10.3. The van der Waals surface area contributed by atoms with Crippen LogP contribution in [0.3, 0.4) is 0 Å². The maximum atomic E-state index is 12.7. The first kappa shape index (κ1) is 20.1. The van der Waals surface area contributed by atoms with Crippen molar-refractivity contribution in [2.24, 2.45) is 12.0 Å². The third-order valence-electron chi connectivity index (χ3n) is 4.26. The SMILES string of the molecule is CCOCCn1c(=NC(=O)c2nn(C)cc2C)sc2cc(OC)c(OC)cc21. The maximum Gasteiger partial charge on any atom is 0.300 e. The molecule has 2 aromatic heterocycles. The largest absolute Gasteiger partial charge is 0.493 e. The van der Waals surface area contributed by atoms with Crippen LogP contribution in [0.25, 0.3) is 10.2 Å². The summed E-state index contributed by atoms with van der Waals surface area (Å²) < 4.78 is 20.9. The molecule has 0 bridgehead atoms. The molecule has 0 radical (unpaired) electrons. The predicted molar refractivity (Wildman–Crippen MR) is 107 cm³/mol. The molecule has 0 N–H and O–H groups in total. The first-order chi connectivity index (χ1) is 13.5. The van der Waals surface area contributed by atoms with Crippen molar-refractivity contribution in [3.63, 3.8) is 0 Å². The molecule has 0 aliphatic carbocycles. The standard InChI is InChI=1S/C19H24N4O4S/c1-6-27-8-7-23-13-9-14(25-4)15(26-5)10-16(13)28-19(23)20-18(24)17-12(2)11-22(3)21-17/h9-11H,6-8H2,1-5H3. The van der Waals surface area contributed by atoms with Crippen molar-refractivity contribution in [2.75, 3.05) is 27.4 Å². The molecule has 9 heteroatoms. The van der Waals surface area contributed by atoms with Gasteiger partial charge in [0.15, 0.2) is 22.0 Å². The average Bonchev–Trinajstić information content (AvgIpc) is 3.19. The van der Waals surface area contributed by atoms with E-state index in [0.29, 0.717) is 41.8 Å². The number of aromatic nitrogens is 3. The summed E-state index contributed by atoms with van der Waals surface area (Å²) in [7, 11) is 4.97. The summed E-state index contributed by atoms with van der Waals surface area (Å²) in [5.74, 6) is 0.886. The van der Waals surface area contributed by atoms with Crippen molar-refractivity contribution in [3.8, 4) is 11.5 Å². The molecule has 1 aromatic carbocycles. The number of methoxy groups -OCH3 is 2. The Morgan fingerprint density at radius 3 is 2.57 bits per heavy atom. The van der Waals surface area contributed by atoms with Gasteiger partial charge in [0.2, 0.25) is 0 Å². The van der Waals surface area contributed by atoms with E-state index in [1.807, 2.05) is 30.5 Å². The number of rotatable bonds is 7. The third kappa shape index (κ3) is 3.95. The summed E-state index contributed by atoms with van der Waals surface area (Å²) in [4.78, 5) is 17.7. The van der Waals surface area contributed by atoms with Crippen molar-refractivity contribution in [3.05, 3.63) is 34.4 Å². The van der Waals surface area contributed by atoms with E-state index >= 15 is 0 Å². The Morgan fingerprint density at radius 1 is 1.25 bits per heavy atom. The number of ether oxygens (including phenoxy) is 3. The molecule has 0 unspecified atom stereocenters. The molecule has 28 heavy (non-hydrogen) atoms. The van der Waals surface area contributed by atoms with Crippen LogP contribution in [0.2, 0.25) is 0 Å². The van der Waals surface area contributed by atoms with Gasteiger partial charge in [-0.1, -0.05) is 11.3 Å². The molecule has 3 rings (SSSR count). The van der Waals surface area contributed by atoms with Gasteiger partial charge in [0.25, 0.3) is 5.91 Å². The fourth-order valence-electron chi connectivity index (χ4n) is 2.96. The van der Waals surface area contributed by atoms with Crippen LogP contribution in [-0.2, 0) is 18.3 Å². The fourth-order valence-corrected chi connectivity index (χ4v) is 4.02. The molecular weight excluding hydrogens is 380 g/mol. The highest BCUT2D eigenvalue weighted by atomic mass is 32.1. The van der Waals surface area contributed by atoms with Crippen LogP contribution < -0.4 is 14.3 Å². The van der Waals surface area contributed by atoms with E-state index in [9.17, 15) is 4.79 Å². The van der Waals surface area contributed by atoms with Crippen LogP contribution in [-0.4, -0.2) is 47.7 Å². The summed E-state index contributed by atoms with van der Waals surface area (Å²) in [6.45, 7) is 5.50. The first-order valence-electron chi connectivity index (χ1n) is 8.90. The van der Waals surface area contributed by atoms with Gasteiger partial charge in [0, 0.05) is 44.1 Å². The van der Waals surface area contributed by atoms with Crippen molar-refractivity contribution < 1.29 is 19.0 Å². The minimum absolute atomic E-state index is 0.353. The molecule has 3 aromatic rings. The summed E-state index contributed by atoms with van der Waals surface area (Å²) in [5.41, 5.74) is 2.06. The molecule has 0 fully saturated rings. The number of benzene rings is 1. The maximum absolute atomic E-state index is 12.7. The van der Waals surface area contributed by atoms with E-state index in [-0.39, 0.29) is 5.91 Å². The van der Waals surface area contributed by atoms with Crippen LogP contribution in [0.1, 0.15) is 23.0 Å². The summed E-state index contributed by atoms with van der Waals surface area (Å²) in [5, 5.41) is 4.22. The highest BCUT2D eigenvalue weighted by molar-refractivity contribution is 7.16. The van der Waals surface area contributed by atoms with Gasteiger partial charge in [0.1, 0.15) is 0 Å². The molecule has 1 amide bonds. The highest BCUT2D eigenvalue weighted by Crippen LogP contribution is 2.33. The number of nitrogens with zero attached hydrogens (tertiary/aromatic N) is 4. The predicted octanol–water partition coefficient (Wildman–Crippen LogP) is 2.54. The number of aryl methyl sites for hydroxylation is 2. The zero-order chi connectivity index (χ0) is 20.3. The molecule has 0 saturated carbocycles. The van der Waals surface area contributed by atoms with Crippen molar-refractivity contribution in [2.45, 2.75) is 20.4 Å². The van der Waals surface area contributed by atoms with E-state index in [2.05, 4.69) is 10.1 Å². The Hall–Kier alpha value is -2.65. The van der Waals surface area contributed by atoms with E-state index in [1.54, 1.807) is 32.1 Å². The van der Waals surface area contributed by atoms with Gasteiger partial charge in [0.05, 0.1) is 31.0 Å². The lowest BCUT2D eigenvalue weighted by Crippen LogP contribution is -2.20. The van der Waals surface area contributed by atoms with Crippen LogP contribution in [0.5, 0.6) is 11.5 Å². The van der Waals surface area contributed by atoms with E-state index in [4.69, 9.17) is 14.2 Å². The van der Waals surface area contributed by atoms with Gasteiger partial charge in [-0.2, -0.15) is 10.1 Å². The molecule has 0 saturated heterocycles. The number of hydrogen-bond donors (Lipinski definition) is 0. The number of fused-ring (bicyclic) bond motifs is 1. The Bertz CT molecular complexity index is 1060. The van der Waals surface area contributed by atoms with Crippen molar-refractivity contribution in [1.82, 2.24) is 14.3 Å². The Balaban J connectivity index is 2.15. The number of hydrogen-bond acceptors (Lipinski definition) is 6. The monoisotopic (exact) mass is 404 g/mol. The quantitative estimate of drug-likeness (QED) is 0.566. The van der Waals surface area contributed by atoms with Gasteiger partial charge < -0.3 is 18.8 Å². The summed E-state index contributed by atoms with van der Waals surface area (Å²) in [6, 6.07) is 3.79. The minimum atomic E-state index is -0.367. The number of amides is 1. The summed E-state index contributed by atoms with van der Waals surface area (Å²) >= 11 is 1.42. The molecule has 150 valence electrons. The Morgan fingerprint density at radius 2 is 1.96 bits per heavy atom. The van der Waals surface area contributed by atoms with Gasteiger partial charge in [-0.3, -0.25) is 9.48 Å². The number of carbonyl (C=O) groups excluding carboxylic acids is 1. The van der Waals surface area contributed by atoms with Crippen LogP contribution in [0, 0.1) is 6.92 Å². The van der Waals surface area contributed by atoms with Crippen LogP contribution in [0.4, 0.5) is 0 Å². The lowest BCUT2D eigenvalue weighted by Gasteiger charge is -2.09. The number of thiazole rings is 1. The topological polar surface area (TPSA) is 79.9 Å². The number of carbonyl (C=O) groups is 1. The Kier molecular flexibility index (Phi) is 6.15. The molecule has 0 atom stereocenters. The molecular formula is C19H24N4O4S. The highest BCUT2D eigenvalue weighted by Gasteiger charge is 2.16. The Labute approximate surface area is 167 Å². The van der Waals surface area contributed by atoms with E-state index in [0.717, 1.165) is 15.8 Å². The van der Waals surface area contributed by atoms with E-state index < -0.39 is 0 Å². The van der Waals surface area contributed by atoms with Gasteiger partial charge in [-0.05, 0) is 13.8 Å². The molecule has 0 aliphatic heterocycles. The molecule has 0 spiro atoms. The zero-order valence-corrected chi connectivity index (χ0v) is 17.5. The second-order valence-corrected chi connectivity index (χ2v) is 7.17. The normalized spacial score (nSPS) is 12.0. The van der Waals surface area contributed by atoms with Crippen LogP contribution in [0.15, 0.2) is 23.3 Å². The third-order valence-corrected chi connectivity index (χ3v) is 5.30. The molecule has 0 aliphatic rings.